The summed E-state index contributed by atoms with van der Waals surface area (Å²) >= 11 is 0. The minimum Gasteiger partial charge on any atom is -0.497 e. The smallest absolute Gasteiger partial charge is 0.254 e. The summed E-state index contributed by atoms with van der Waals surface area (Å²) < 4.78 is 16.2. The zero-order chi connectivity index (χ0) is 18.2. The first-order chi connectivity index (χ1) is 12.8. The summed E-state index contributed by atoms with van der Waals surface area (Å²) in [6.07, 6.45) is 2.80. The lowest BCUT2D eigenvalue weighted by molar-refractivity contribution is 0.0222. The molecule has 0 radical (unpaired) electrons. The fourth-order valence-corrected chi connectivity index (χ4v) is 3.66. The first-order valence-corrected chi connectivity index (χ1v) is 9.61. The molecule has 0 unspecified atom stereocenters. The molecule has 1 aromatic rings. The summed E-state index contributed by atoms with van der Waals surface area (Å²) in [5.74, 6) is 0.814. The Kier molecular flexibility index (Phi) is 7.29. The van der Waals surface area contributed by atoms with Crippen LogP contribution in [-0.2, 0) is 9.47 Å². The van der Waals surface area contributed by atoms with Crippen LogP contribution in [0.1, 0.15) is 29.6 Å². The zero-order valence-corrected chi connectivity index (χ0v) is 15.7. The topological polar surface area (TPSA) is 51.2 Å². The Balaban J connectivity index is 1.64. The molecule has 144 valence electrons. The van der Waals surface area contributed by atoms with Gasteiger partial charge >= 0.3 is 0 Å². The van der Waals surface area contributed by atoms with Crippen molar-refractivity contribution in [1.82, 2.24) is 9.80 Å². The van der Waals surface area contributed by atoms with Crippen molar-refractivity contribution < 1.29 is 19.0 Å². The summed E-state index contributed by atoms with van der Waals surface area (Å²) in [6.45, 7) is 6.85. The number of hydrogen-bond acceptors (Lipinski definition) is 5. The number of methoxy groups -OCH3 is 1. The molecule has 0 N–H and O–H groups in total. The number of morpholine rings is 1. The lowest BCUT2D eigenvalue weighted by Gasteiger charge is -2.35. The van der Waals surface area contributed by atoms with E-state index in [4.69, 9.17) is 14.2 Å². The van der Waals surface area contributed by atoms with Crippen LogP contribution in [0, 0.1) is 0 Å². The van der Waals surface area contributed by atoms with Crippen LogP contribution in [0.4, 0.5) is 0 Å². The second-order valence-corrected chi connectivity index (χ2v) is 6.88. The number of rotatable bonds is 7. The standard InChI is InChI=1S/C20H30N2O4/c1-24-19-5-2-4-17(16-19)20(23)22(18-6-12-25-13-7-18)9-3-8-21-10-14-26-15-11-21/h2,4-5,16,18H,3,6-15H2,1H3. The van der Waals surface area contributed by atoms with Crippen molar-refractivity contribution in [2.75, 3.05) is 59.7 Å². The fourth-order valence-electron chi connectivity index (χ4n) is 3.66. The Morgan fingerprint density at radius 2 is 1.92 bits per heavy atom. The Bertz CT molecular complexity index is 569. The van der Waals surface area contributed by atoms with E-state index in [-0.39, 0.29) is 11.9 Å². The molecule has 1 aromatic carbocycles. The van der Waals surface area contributed by atoms with E-state index in [1.54, 1.807) is 7.11 Å². The van der Waals surface area contributed by atoms with Crippen molar-refractivity contribution in [3.05, 3.63) is 29.8 Å². The molecule has 2 saturated heterocycles. The molecule has 0 aliphatic carbocycles. The Morgan fingerprint density at radius 1 is 1.19 bits per heavy atom. The Labute approximate surface area is 156 Å². The molecule has 0 spiro atoms. The van der Waals surface area contributed by atoms with E-state index < -0.39 is 0 Å². The number of carbonyl (C=O) groups excluding carboxylic acids is 1. The summed E-state index contributed by atoms with van der Waals surface area (Å²) in [5, 5.41) is 0. The van der Waals surface area contributed by atoms with E-state index in [0.29, 0.717) is 5.56 Å². The van der Waals surface area contributed by atoms with E-state index in [2.05, 4.69) is 9.80 Å². The first-order valence-electron chi connectivity index (χ1n) is 9.61. The average Bonchev–Trinajstić information content (AvgIpc) is 2.72. The third-order valence-corrected chi connectivity index (χ3v) is 5.19. The fraction of sp³-hybridized carbons (Fsp3) is 0.650. The van der Waals surface area contributed by atoms with Crippen LogP contribution in [-0.4, -0.2) is 81.5 Å². The number of amides is 1. The van der Waals surface area contributed by atoms with Crippen LogP contribution >= 0.6 is 0 Å². The van der Waals surface area contributed by atoms with E-state index in [0.717, 1.165) is 77.6 Å². The van der Waals surface area contributed by atoms with Gasteiger partial charge in [0.2, 0.25) is 0 Å². The minimum atomic E-state index is 0.0952. The van der Waals surface area contributed by atoms with Crippen LogP contribution < -0.4 is 4.74 Å². The normalized spacial score (nSPS) is 19.3. The molecule has 3 rings (SSSR count). The number of ether oxygens (including phenoxy) is 3. The molecule has 2 aliphatic heterocycles. The molecule has 2 aliphatic rings. The second-order valence-electron chi connectivity index (χ2n) is 6.88. The highest BCUT2D eigenvalue weighted by atomic mass is 16.5. The Morgan fingerprint density at radius 3 is 2.65 bits per heavy atom. The molecule has 6 nitrogen and oxygen atoms in total. The number of hydrogen-bond donors (Lipinski definition) is 0. The van der Waals surface area contributed by atoms with E-state index in [1.165, 1.54) is 0 Å². The van der Waals surface area contributed by atoms with Crippen molar-refractivity contribution >= 4 is 5.91 Å². The lowest BCUT2D eigenvalue weighted by Crippen LogP contribution is -2.45. The molecule has 0 atom stereocenters. The molecule has 26 heavy (non-hydrogen) atoms. The van der Waals surface area contributed by atoms with Gasteiger partial charge in [-0.15, -0.1) is 0 Å². The van der Waals surface area contributed by atoms with Crippen molar-refractivity contribution in [3.8, 4) is 5.75 Å². The van der Waals surface area contributed by atoms with Gasteiger partial charge in [-0.1, -0.05) is 6.07 Å². The van der Waals surface area contributed by atoms with Crippen LogP contribution in [0.15, 0.2) is 24.3 Å². The van der Waals surface area contributed by atoms with Crippen LogP contribution in [0.25, 0.3) is 0 Å². The summed E-state index contributed by atoms with van der Waals surface area (Å²) in [7, 11) is 1.63. The van der Waals surface area contributed by atoms with Gasteiger partial charge in [0.05, 0.1) is 20.3 Å². The van der Waals surface area contributed by atoms with Gasteiger partial charge in [-0.2, -0.15) is 0 Å². The van der Waals surface area contributed by atoms with Gasteiger partial charge in [0.25, 0.3) is 5.91 Å². The summed E-state index contributed by atoms with van der Waals surface area (Å²) in [6, 6.07) is 7.71. The molecule has 1 amide bonds. The quantitative estimate of drug-likeness (QED) is 0.743. The van der Waals surface area contributed by atoms with Gasteiger partial charge in [0.1, 0.15) is 5.75 Å². The molecule has 0 saturated carbocycles. The molecular weight excluding hydrogens is 332 g/mol. The predicted octanol–water partition coefficient (Wildman–Crippen LogP) is 2.04. The highest BCUT2D eigenvalue weighted by Gasteiger charge is 2.26. The third-order valence-electron chi connectivity index (χ3n) is 5.19. The molecule has 2 heterocycles. The third kappa shape index (κ3) is 5.19. The van der Waals surface area contributed by atoms with Gasteiger partial charge in [0, 0.05) is 51.0 Å². The van der Waals surface area contributed by atoms with E-state index >= 15 is 0 Å². The van der Waals surface area contributed by atoms with Gasteiger partial charge in [-0.25, -0.2) is 0 Å². The zero-order valence-electron chi connectivity index (χ0n) is 15.7. The van der Waals surface area contributed by atoms with Crippen LogP contribution in [0.3, 0.4) is 0 Å². The minimum absolute atomic E-state index is 0.0952. The van der Waals surface area contributed by atoms with Crippen LogP contribution in [0.2, 0.25) is 0 Å². The maximum atomic E-state index is 13.2. The predicted molar refractivity (Wildman–Crippen MR) is 99.7 cm³/mol. The largest absolute Gasteiger partial charge is 0.497 e. The lowest BCUT2D eigenvalue weighted by atomic mass is 10.0. The molecule has 0 bridgehead atoms. The van der Waals surface area contributed by atoms with Crippen LogP contribution in [0.5, 0.6) is 5.75 Å². The van der Waals surface area contributed by atoms with Gasteiger partial charge in [-0.3, -0.25) is 9.69 Å². The first kappa shape index (κ1) is 19.1. The number of benzene rings is 1. The number of nitrogens with zero attached hydrogens (tertiary/aromatic N) is 2. The van der Waals surface area contributed by atoms with E-state index in [9.17, 15) is 4.79 Å². The second kappa shape index (κ2) is 9.90. The van der Waals surface area contributed by atoms with Crippen molar-refractivity contribution in [2.24, 2.45) is 0 Å². The molecule has 0 aromatic heterocycles. The summed E-state index contributed by atoms with van der Waals surface area (Å²) in [5.41, 5.74) is 0.696. The van der Waals surface area contributed by atoms with Gasteiger partial charge in [-0.05, 0) is 37.5 Å². The van der Waals surface area contributed by atoms with Crippen molar-refractivity contribution in [2.45, 2.75) is 25.3 Å². The highest BCUT2D eigenvalue weighted by Crippen LogP contribution is 2.20. The molecular formula is C20H30N2O4. The van der Waals surface area contributed by atoms with Gasteiger partial charge in [0.15, 0.2) is 0 Å². The van der Waals surface area contributed by atoms with Gasteiger partial charge < -0.3 is 19.1 Å². The SMILES string of the molecule is COc1cccc(C(=O)N(CCCN2CCOCC2)C2CCOCC2)c1. The molecule has 6 heteroatoms. The number of carbonyl (C=O) groups is 1. The molecule has 2 fully saturated rings. The maximum Gasteiger partial charge on any atom is 0.254 e. The van der Waals surface area contributed by atoms with Crippen molar-refractivity contribution in [1.29, 1.82) is 0 Å². The maximum absolute atomic E-state index is 13.2. The summed E-state index contributed by atoms with van der Waals surface area (Å²) in [4.78, 5) is 17.7. The average molecular weight is 362 g/mol. The van der Waals surface area contributed by atoms with Crippen molar-refractivity contribution in [3.63, 3.8) is 0 Å². The highest BCUT2D eigenvalue weighted by molar-refractivity contribution is 5.94. The Hall–Kier alpha value is -1.63. The monoisotopic (exact) mass is 362 g/mol. The van der Waals surface area contributed by atoms with E-state index in [1.807, 2.05) is 24.3 Å².